The highest BCUT2D eigenvalue weighted by molar-refractivity contribution is 5.95. The highest BCUT2D eigenvalue weighted by atomic mass is 16.1. The Morgan fingerprint density at radius 2 is 1.96 bits per heavy atom. The number of hydrogen-bond donors (Lipinski definition) is 1. The molecule has 6 nitrogen and oxygen atoms in total. The van der Waals surface area contributed by atoms with Gasteiger partial charge in [0.2, 0.25) is 0 Å². The molecule has 3 rings (SSSR count). The second-order valence-corrected chi connectivity index (χ2v) is 7.46. The second kappa shape index (κ2) is 7.23. The van der Waals surface area contributed by atoms with Crippen LogP contribution >= 0.6 is 0 Å². The summed E-state index contributed by atoms with van der Waals surface area (Å²) in [5.74, 6) is -0.132. The number of aromatic nitrogens is 4. The first-order chi connectivity index (χ1) is 12.4. The molecule has 0 radical (unpaired) electrons. The maximum Gasteiger partial charge on any atom is 0.254 e. The second-order valence-electron chi connectivity index (χ2n) is 7.46. The number of fused-ring (bicyclic) bond motifs is 1. The first-order valence-electron chi connectivity index (χ1n) is 8.95. The van der Waals surface area contributed by atoms with Gasteiger partial charge in [-0.3, -0.25) is 9.78 Å². The summed E-state index contributed by atoms with van der Waals surface area (Å²) < 4.78 is 1.82. The summed E-state index contributed by atoms with van der Waals surface area (Å²) in [7, 11) is 0. The van der Waals surface area contributed by atoms with Gasteiger partial charge >= 0.3 is 0 Å². The van der Waals surface area contributed by atoms with E-state index in [0.717, 1.165) is 35.4 Å². The molecule has 0 saturated heterocycles. The standard InChI is InChI=1S/C20H25N5O/c1-5-6-16-15(19(26)23-12-14-7-9-21-10-8-14)13-22-18-11-17(20(2,3)4)24-25(16)18/h7-11,13H,5-6,12H2,1-4H3,(H,23,26). The largest absolute Gasteiger partial charge is 0.348 e. The third kappa shape index (κ3) is 3.74. The molecule has 0 aromatic carbocycles. The molecule has 0 atom stereocenters. The first kappa shape index (κ1) is 18.0. The zero-order valence-electron chi connectivity index (χ0n) is 15.8. The molecule has 3 heterocycles. The van der Waals surface area contributed by atoms with Gasteiger partial charge in [0, 0.05) is 36.6 Å². The van der Waals surface area contributed by atoms with Gasteiger partial charge in [-0.25, -0.2) is 9.50 Å². The summed E-state index contributed by atoms with van der Waals surface area (Å²) in [4.78, 5) is 21.2. The zero-order chi connectivity index (χ0) is 18.7. The molecule has 0 aliphatic carbocycles. The Morgan fingerprint density at radius 1 is 1.23 bits per heavy atom. The molecule has 136 valence electrons. The van der Waals surface area contributed by atoms with Crippen LogP contribution in [0.25, 0.3) is 5.65 Å². The molecule has 0 saturated carbocycles. The van der Waals surface area contributed by atoms with Crippen LogP contribution in [0.1, 0.15) is 61.4 Å². The van der Waals surface area contributed by atoms with Crippen LogP contribution in [0, 0.1) is 0 Å². The Hall–Kier alpha value is -2.76. The molecule has 1 N–H and O–H groups in total. The Labute approximate surface area is 153 Å². The lowest BCUT2D eigenvalue weighted by Gasteiger charge is -2.14. The monoisotopic (exact) mass is 351 g/mol. The van der Waals surface area contributed by atoms with E-state index in [1.807, 2.05) is 22.7 Å². The van der Waals surface area contributed by atoms with Crippen LogP contribution in [0.2, 0.25) is 0 Å². The van der Waals surface area contributed by atoms with Gasteiger partial charge in [-0.1, -0.05) is 34.1 Å². The van der Waals surface area contributed by atoms with Gasteiger partial charge in [0.1, 0.15) is 0 Å². The maximum absolute atomic E-state index is 12.8. The van der Waals surface area contributed by atoms with E-state index in [9.17, 15) is 4.79 Å². The average molecular weight is 351 g/mol. The van der Waals surface area contributed by atoms with Crippen molar-refractivity contribution >= 4 is 11.6 Å². The van der Waals surface area contributed by atoms with Crippen LogP contribution in [0.3, 0.4) is 0 Å². The number of pyridine rings is 1. The van der Waals surface area contributed by atoms with Crippen LogP contribution in [0.15, 0.2) is 36.8 Å². The highest BCUT2D eigenvalue weighted by Gasteiger charge is 2.21. The maximum atomic E-state index is 12.8. The molecule has 3 aromatic rings. The van der Waals surface area contributed by atoms with E-state index in [1.54, 1.807) is 18.6 Å². The van der Waals surface area contributed by atoms with Gasteiger partial charge in [-0.2, -0.15) is 5.10 Å². The predicted molar refractivity (Wildman–Crippen MR) is 101 cm³/mol. The fraction of sp³-hybridized carbons (Fsp3) is 0.400. The van der Waals surface area contributed by atoms with Crippen molar-refractivity contribution < 1.29 is 4.79 Å². The lowest BCUT2D eigenvalue weighted by Crippen LogP contribution is -2.25. The number of carbonyl (C=O) groups is 1. The molecule has 1 amide bonds. The Balaban J connectivity index is 1.94. The van der Waals surface area contributed by atoms with Gasteiger partial charge < -0.3 is 5.32 Å². The summed E-state index contributed by atoms with van der Waals surface area (Å²) >= 11 is 0. The number of aryl methyl sites for hydroxylation is 1. The fourth-order valence-electron chi connectivity index (χ4n) is 2.79. The van der Waals surface area contributed by atoms with Crippen molar-refractivity contribution in [2.24, 2.45) is 0 Å². The zero-order valence-corrected chi connectivity index (χ0v) is 15.8. The molecule has 0 aliphatic heterocycles. The molecule has 0 unspecified atom stereocenters. The number of nitrogens with one attached hydrogen (secondary N) is 1. The minimum absolute atomic E-state index is 0.0685. The van der Waals surface area contributed by atoms with Crippen molar-refractivity contribution in [3.05, 3.63) is 59.3 Å². The first-order valence-corrected chi connectivity index (χ1v) is 8.95. The number of rotatable bonds is 5. The molecule has 0 spiro atoms. The lowest BCUT2D eigenvalue weighted by molar-refractivity contribution is 0.0949. The minimum atomic E-state index is -0.132. The van der Waals surface area contributed by atoms with E-state index in [4.69, 9.17) is 5.10 Å². The van der Waals surface area contributed by atoms with Crippen LogP contribution in [0.4, 0.5) is 0 Å². The van der Waals surface area contributed by atoms with E-state index in [0.29, 0.717) is 12.1 Å². The van der Waals surface area contributed by atoms with Crippen LogP contribution in [-0.2, 0) is 18.4 Å². The van der Waals surface area contributed by atoms with Gasteiger partial charge in [0.05, 0.1) is 17.0 Å². The summed E-state index contributed by atoms with van der Waals surface area (Å²) in [6.45, 7) is 8.92. The summed E-state index contributed by atoms with van der Waals surface area (Å²) in [6.07, 6.45) is 6.79. The Kier molecular flexibility index (Phi) is 5.02. The quantitative estimate of drug-likeness (QED) is 0.765. The Morgan fingerprint density at radius 3 is 2.62 bits per heavy atom. The van der Waals surface area contributed by atoms with Gasteiger partial charge in [-0.05, 0) is 24.1 Å². The fourth-order valence-corrected chi connectivity index (χ4v) is 2.79. The van der Waals surface area contributed by atoms with E-state index in [2.05, 4.69) is 43.0 Å². The third-order valence-corrected chi connectivity index (χ3v) is 4.29. The predicted octanol–water partition coefficient (Wildman–Crippen LogP) is 3.30. The van der Waals surface area contributed by atoms with Crippen LogP contribution in [-0.4, -0.2) is 25.5 Å². The molecule has 6 heteroatoms. The SMILES string of the molecule is CCCc1c(C(=O)NCc2ccncc2)cnc2cc(C(C)(C)C)nn12. The van der Waals surface area contributed by atoms with Crippen molar-refractivity contribution in [3.8, 4) is 0 Å². The van der Waals surface area contributed by atoms with Gasteiger partial charge in [0.15, 0.2) is 5.65 Å². The smallest absolute Gasteiger partial charge is 0.254 e. The highest BCUT2D eigenvalue weighted by Crippen LogP contribution is 2.23. The molecule has 26 heavy (non-hydrogen) atoms. The average Bonchev–Trinajstić information content (AvgIpc) is 3.06. The molecule has 0 bridgehead atoms. The number of amides is 1. The van der Waals surface area contributed by atoms with E-state index >= 15 is 0 Å². The van der Waals surface area contributed by atoms with Crippen molar-refractivity contribution in [3.63, 3.8) is 0 Å². The minimum Gasteiger partial charge on any atom is -0.348 e. The Bertz CT molecular complexity index is 909. The van der Waals surface area contributed by atoms with E-state index < -0.39 is 0 Å². The molecule has 0 fully saturated rings. The molecule has 0 aliphatic rings. The van der Waals surface area contributed by atoms with Gasteiger partial charge in [0.25, 0.3) is 5.91 Å². The molecule has 3 aromatic heterocycles. The summed E-state index contributed by atoms with van der Waals surface area (Å²) in [6, 6.07) is 5.77. The van der Waals surface area contributed by atoms with Crippen molar-refractivity contribution in [2.75, 3.05) is 0 Å². The van der Waals surface area contributed by atoms with E-state index in [-0.39, 0.29) is 11.3 Å². The van der Waals surface area contributed by atoms with Crippen LogP contribution in [0.5, 0.6) is 0 Å². The summed E-state index contributed by atoms with van der Waals surface area (Å²) in [5.41, 5.74) is 4.17. The molecular weight excluding hydrogens is 326 g/mol. The number of carbonyl (C=O) groups excluding carboxylic acids is 1. The number of nitrogens with zero attached hydrogens (tertiary/aromatic N) is 4. The normalized spacial score (nSPS) is 11.7. The topological polar surface area (TPSA) is 72.2 Å². The van der Waals surface area contributed by atoms with Crippen molar-refractivity contribution in [1.82, 2.24) is 24.9 Å². The number of hydrogen-bond acceptors (Lipinski definition) is 4. The summed E-state index contributed by atoms with van der Waals surface area (Å²) in [5, 5.41) is 7.70. The lowest BCUT2D eigenvalue weighted by atomic mass is 9.93. The third-order valence-electron chi connectivity index (χ3n) is 4.29. The van der Waals surface area contributed by atoms with Crippen LogP contribution < -0.4 is 5.32 Å². The van der Waals surface area contributed by atoms with E-state index in [1.165, 1.54) is 0 Å². The van der Waals surface area contributed by atoms with Crippen molar-refractivity contribution in [2.45, 2.75) is 52.5 Å². The molecular formula is C20H25N5O. The van der Waals surface area contributed by atoms with Gasteiger partial charge in [-0.15, -0.1) is 0 Å². The van der Waals surface area contributed by atoms with Crippen molar-refractivity contribution in [1.29, 1.82) is 0 Å².